The van der Waals surface area contributed by atoms with Gasteiger partial charge in [-0.1, -0.05) is 0 Å². The van der Waals surface area contributed by atoms with Crippen molar-refractivity contribution >= 4 is 0 Å². The van der Waals surface area contributed by atoms with Crippen molar-refractivity contribution < 1.29 is 10.2 Å². The molecule has 0 amide bonds. The molecule has 2 rings (SSSR count). The van der Waals surface area contributed by atoms with Crippen LogP contribution >= 0.6 is 0 Å². The third-order valence-corrected chi connectivity index (χ3v) is 2.36. The van der Waals surface area contributed by atoms with Gasteiger partial charge in [0, 0.05) is 0 Å². The van der Waals surface area contributed by atoms with Crippen LogP contribution in [0.15, 0.2) is 0 Å². The Bertz CT molecular complexity index is 97.1. The van der Waals surface area contributed by atoms with Crippen molar-refractivity contribution in [2.45, 2.75) is 25.0 Å². The predicted molar refractivity (Wildman–Crippen MR) is 28.2 cm³/mol. The van der Waals surface area contributed by atoms with Gasteiger partial charge in [0.25, 0.3) is 0 Å². The topological polar surface area (TPSA) is 40.5 Å². The van der Waals surface area contributed by atoms with Crippen LogP contribution < -0.4 is 0 Å². The highest BCUT2D eigenvalue weighted by atomic mass is 16.3. The van der Waals surface area contributed by atoms with Gasteiger partial charge in [-0.25, -0.2) is 0 Å². The van der Waals surface area contributed by atoms with Gasteiger partial charge in [-0.2, -0.15) is 0 Å². The lowest BCUT2D eigenvalue weighted by Gasteiger charge is -2.03. The van der Waals surface area contributed by atoms with E-state index >= 15 is 0 Å². The van der Waals surface area contributed by atoms with Crippen molar-refractivity contribution in [3.63, 3.8) is 0 Å². The summed E-state index contributed by atoms with van der Waals surface area (Å²) >= 11 is 0. The Morgan fingerprint density at radius 3 is 1.50 bits per heavy atom. The van der Waals surface area contributed by atoms with E-state index < -0.39 is 0 Å². The number of fused-ring (bicyclic) bond motifs is 1. The quantitative estimate of drug-likeness (QED) is 0.456. The molecule has 0 bridgehead atoms. The molecule has 4 atom stereocenters. The second kappa shape index (κ2) is 1.25. The first-order chi connectivity index (χ1) is 3.79. The fourth-order valence-corrected chi connectivity index (χ4v) is 1.72. The second-order valence-corrected chi connectivity index (χ2v) is 2.93. The maximum atomic E-state index is 9.05. The maximum Gasteiger partial charge on any atom is 0.0596 e. The summed E-state index contributed by atoms with van der Waals surface area (Å²) in [7, 11) is 0. The Kier molecular flexibility index (Phi) is 0.746. The lowest BCUT2D eigenvalue weighted by Crippen LogP contribution is -2.10. The zero-order valence-electron chi connectivity index (χ0n) is 4.62. The van der Waals surface area contributed by atoms with Gasteiger partial charge in [-0.3, -0.25) is 0 Å². The summed E-state index contributed by atoms with van der Waals surface area (Å²) in [6.45, 7) is 0. The summed E-state index contributed by atoms with van der Waals surface area (Å²) in [4.78, 5) is 0. The average molecular weight is 114 g/mol. The molecule has 0 heterocycles. The van der Waals surface area contributed by atoms with Crippen LogP contribution in [0.1, 0.15) is 12.8 Å². The molecule has 0 spiro atoms. The highest BCUT2D eigenvalue weighted by Gasteiger charge is 2.53. The lowest BCUT2D eigenvalue weighted by molar-refractivity contribution is 0.106. The molecular weight excluding hydrogens is 104 g/mol. The van der Waals surface area contributed by atoms with E-state index in [1.807, 2.05) is 0 Å². The molecule has 0 saturated heterocycles. The lowest BCUT2D eigenvalue weighted by atomic mass is 10.2. The van der Waals surface area contributed by atoms with E-state index in [9.17, 15) is 0 Å². The number of hydrogen-bond acceptors (Lipinski definition) is 2. The Hall–Kier alpha value is -0.0800. The average Bonchev–Trinajstić information content (AvgIpc) is 2.35. The Morgan fingerprint density at radius 1 is 0.875 bits per heavy atom. The van der Waals surface area contributed by atoms with Crippen LogP contribution in [0.4, 0.5) is 0 Å². The summed E-state index contributed by atoms with van der Waals surface area (Å²) in [5.74, 6) is 0.926. The van der Waals surface area contributed by atoms with Crippen LogP contribution in [0, 0.1) is 11.8 Å². The van der Waals surface area contributed by atoms with Crippen LogP contribution in [-0.4, -0.2) is 22.4 Å². The van der Waals surface area contributed by atoms with Crippen molar-refractivity contribution in [3.8, 4) is 0 Å². The predicted octanol–water partition coefficient (Wildman–Crippen LogP) is -0.252. The van der Waals surface area contributed by atoms with Crippen LogP contribution in [0.5, 0.6) is 0 Å². The smallest absolute Gasteiger partial charge is 0.0596 e. The van der Waals surface area contributed by atoms with E-state index in [1.165, 1.54) is 0 Å². The minimum atomic E-state index is -0.185. The summed E-state index contributed by atoms with van der Waals surface area (Å²) in [5.41, 5.74) is 0. The second-order valence-electron chi connectivity index (χ2n) is 2.93. The van der Waals surface area contributed by atoms with Gasteiger partial charge >= 0.3 is 0 Å². The zero-order valence-corrected chi connectivity index (χ0v) is 4.62. The molecule has 0 unspecified atom stereocenters. The van der Waals surface area contributed by atoms with E-state index in [4.69, 9.17) is 10.2 Å². The van der Waals surface area contributed by atoms with Crippen LogP contribution in [0.25, 0.3) is 0 Å². The molecule has 0 radical (unpaired) electrons. The number of rotatable bonds is 0. The van der Waals surface area contributed by atoms with Crippen LogP contribution in [-0.2, 0) is 0 Å². The Balaban J connectivity index is 2.09. The molecule has 46 valence electrons. The van der Waals surface area contributed by atoms with Crippen molar-refractivity contribution in [1.82, 2.24) is 0 Å². The highest BCUT2D eigenvalue weighted by Crippen LogP contribution is 2.51. The number of hydrogen-bond donors (Lipinski definition) is 2. The van der Waals surface area contributed by atoms with Crippen molar-refractivity contribution in [2.24, 2.45) is 11.8 Å². The van der Waals surface area contributed by atoms with Gasteiger partial charge in [0.1, 0.15) is 0 Å². The summed E-state index contributed by atoms with van der Waals surface area (Å²) < 4.78 is 0. The van der Waals surface area contributed by atoms with Crippen LogP contribution in [0.2, 0.25) is 0 Å². The van der Waals surface area contributed by atoms with E-state index in [0.717, 1.165) is 6.42 Å². The van der Waals surface area contributed by atoms with E-state index in [-0.39, 0.29) is 12.2 Å². The minimum Gasteiger partial charge on any atom is -0.393 e. The van der Waals surface area contributed by atoms with Crippen molar-refractivity contribution in [1.29, 1.82) is 0 Å². The fourth-order valence-electron chi connectivity index (χ4n) is 1.72. The molecule has 0 aromatic heterocycles. The molecule has 0 aromatic rings. The van der Waals surface area contributed by atoms with Gasteiger partial charge in [0.2, 0.25) is 0 Å². The molecule has 2 saturated carbocycles. The van der Waals surface area contributed by atoms with Crippen molar-refractivity contribution in [2.75, 3.05) is 0 Å². The van der Waals surface area contributed by atoms with E-state index in [2.05, 4.69) is 0 Å². The third kappa shape index (κ3) is 0.446. The molecule has 2 fully saturated rings. The van der Waals surface area contributed by atoms with Gasteiger partial charge < -0.3 is 10.2 Å². The van der Waals surface area contributed by atoms with Gasteiger partial charge in [0.15, 0.2) is 0 Å². The molecule has 2 N–H and O–H groups in total. The number of aliphatic hydroxyl groups is 2. The highest BCUT2D eigenvalue weighted by molar-refractivity contribution is 5.02. The largest absolute Gasteiger partial charge is 0.393 e. The van der Waals surface area contributed by atoms with Gasteiger partial charge in [0.05, 0.1) is 12.2 Å². The van der Waals surface area contributed by atoms with E-state index in [0.29, 0.717) is 18.3 Å². The molecule has 2 aliphatic carbocycles. The van der Waals surface area contributed by atoms with Crippen molar-refractivity contribution in [3.05, 3.63) is 0 Å². The third-order valence-electron chi connectivity index (χ3n) is 2.36. The molecule has 2 nitrogen and oxygen atoms in total. The molecule has 0 aliphatic heterocycles. The first kappa shape index (κ1) is 4.77. The van der Waals surface area contributed by atoms with Crippen LogP contribution in [0.3, 0.4) is 0 Å². The molecule has 0 aromatic carbocycles. The molecule has 2 heteroatoms. The zero-order chi connectivity index (χ0) is 5.72. The summed E-state index contributed by atoms with van der Waals surface area (Å²) in [6, 6.07) is 0. The SMILES string of the molecule is O[C@@H]1C[C@H](O)[C@H]2C[C@H]21. The standard InChI is InChI=1S/C6H10O2/c7-5-2-6(8)4-1-3(4)5/h3-8H,1-2H2/t3-,4+,5-,6+. The molecule has 8 heavy (non-hydrogen) atoms. The summed E-state index contributed by atoms with van der Waals surface area (Å²) in [6.07, 6.45) is 1.31. The van der Waals surface area contributed by atoms with Gasteiger partial charge in [-0.05, 0) is 24.7 Å². The summed E-state index contributed by atoms with van der Waals surface area (Å²) in [5, 5.41) is 18.1. The fraction of sp³-hybridized carbons (Fsp3) is 1.00. The Morgan fingerprint density at radius 2 is 1.38 bits per heavy atom. The number of aliphatic hydroxyl groups excluding tert-OH is 2. The molecule has 2 aliphatic rings. The first-order valence-electron chi connectivity index (χ1n) is 3.15. The first-order valence-corrected chi connectivity index (χ1v) is 3.15. The maximum absolute atomic E-state index is 9.05. The van der Waals surface area contributed by atoms with E-state index in [1.54, 1.807) is 0 Å². The minimum absolute atomic E-state index is 0.185. The van der Waals surface area contributed by atoms with Gasteiger partial charge in [-0.15, -0.1) is 0 Å². The molecular formula is C6H10O2. The normalized spacial score (nSPS) is 60.8. The monoisotopic (exact) mass is 114 g/mol. The Labute approximate surface area is 48.1 Å².